The van der Waals surface area contributed by atoms with Gasteiger partial charge in [-0.15, -0.1) is 0 Å². The van der Waals surface area contributed by atoms with Gasteiger partial charge in [0.2, 0.25) is 29.5 Å². The maximum atomic E-state index is 13.5. The van der Waals surface area contributed by atoms with E-state index >= 15 is 0 Å². The van der Waals surface area contributed by atoms with Crippen molar-refractivity contribution in [2.75, 3.05) is 23.9 Å². The molecular weight excluding hydrogens is 701 g/mol. The van der Waals surface area contributed by atoms with Crippen molar-refractivity contribution in [1.82, 2.24) is 21.3 Å². The Balaban J connectivity index is 2.31. The average Bonchev–Trinajstić information content (AvgIpc) is 3.03. The first-order valence-corrected chi connectivity index (χ1v) is 17.3. The zero-order chi connectivity index (χ0) is 38.5. The first-order chi connectivity index (χ1) is 23.9. The minimum absolute atomic E-state index is 0.0371. The van der Waals surface area contributed by atoms with Crippen LogP contribution in [0.2, 0.25) is 0 Å². The number of benzene rings is 1. The highest BCUT2D eigenvalue weighted by Gasteiger charge is 2.35. The van der Waals surface area contributed by atoms with Gasteiger partial charge in [-0.05, 0) is 62.3 Å². The van der Waals surface area contributed by atoms with E-state index in [0.29, 0.717) is 25.1 Å². The number of rotatable bonds is 19. The Morgan fingerprint density at radius 2 is 1.49 bits per heavy atom. The predicted molar refractivity (Wildman–Crippen MR) is 183 cm³/mol. The number of amides is 5. The van der Waals surface area contributed by atoms with Crippen molar-refractivity contribution in [3.05, 3.63) is 40.2 Å². The summed E-state index contributed by atoms with van der Waals surface area (Å²) in [7, 11) is 0. The van der Waals surface area contributed by atoms with E-state index in [1.54, 1.807) is 20.1 Å². The highest BCUT2D eigenvalue weighted by molar-refractivity contribution is 7.98. The lowest BCUT2D eigenvalue weighted by Gasteiger charge is -2.27. The molecule has 0 saturated heterocycles. The van der Waals surface area contributed by atoms with Crippen LogP contribution in [0.5, 0.6) is 0 Å². The van der Waals surface area contributed by atoms with E-state index in [1.165, 1.54) is 18.7 Å². The minimum atomic E-state index is -4.88. The highest BCUT2D eigenvalue weighted by Crippen LogP contribution is 2.34. The summed E-state index contributed by atoms with van der Waals surface area (Å²) in [5, 5.41) is 21.4. The third-order valence-electron chi connectivity index (χ3n) is 7.46. The fraction of sp³-hybridized carbons (Fsp3) is 0.531. The Labute approximate surface area is 295 Å². The number of alkyl halides is 3. The number of nitrogens with one attached hydrogen (secondary N) is 5. The lowest BCUT2D eigenvalue weighted by molar-refractivity contribution is -0.140. The van der Waals surface area contributed by atoms with Crippen molar-refractivity contribution < 1.29 is 51.5 Å². The topological polar surface area (TPSA) is 239 Å². The van der Waals surface area contributed by atoms with Gasteiger partial charge in [-0.1, -0.05) is 13.8 Å². The van der Waals surface area contributed by atoms with Crippen LogP contribution in [0.25, 0.3) is 11.0 Å². The van der Waals surface area contributed by atoms with Crippen molar-refractivity contribution in [1.29, 1.82) is 0 Å². The number of aliphatic carboxylic acids is 1. The number of anilines is 1. The van der Waals surface area contributed by atoms with E-state index in [1.807, 2.05) is 0 Å². The van der Waals surface area contributed by atoms with Crippen LogP contribution in [0.15, 0.2) is 33.5 Å². The van der Waals surface area contributed by atoms with Gasteiger partial charge in [0.1, 0.15) is 29.8 Å². The predicted octanol–water partition coefficient (Wildman–Crippen LogP) is 1.72. The summed E-state index contributed by atoms with van der Waals surface area (Å²) >= 11 is 1.33. The van der Waals surface area contributed by atoms with Crippen LogP contribution in [-0.4, -0.2) is 83.3 Å². The second kappa shape index (κ2) is 19.7. The largest absolute Gasteiger partial charge is 0.481 e. The average molecular weight is 745 g/mol. The number of fused-ring (bicyclic) bond motifs is 1. The van der Waals surface area contributed by atoms with E-state index in [-0.39, 0.29) is 30.5 Å². The molecule has 15 nitrogen and oxygen atoms in total. The van der Waals surface area contributed by atoms with E-state index in [4.69, 9.17) is 10.2 Å². The molecule has 4 atom stereocenters. The lowest BCUT2D eigenvalue weighted by Crippen LogP contribution is -2.58. The molecule has 0 aliphatic heterocycles. The van der Waals surface area contributed by atoms with E-state index in [0.717, 1.165) is 18.2 Å². The van der Waals surface area contributed by atoms with Gasteiger partial charge in [-0.2, -0.15) is 24.9 Å². The van der Waals surface area contributed by atoms with Crippen LogP contribution in [0, 0.1) is 5.92 Å². The van der Waals surface area contributed by atoms with Crippen molar-refractivity contribution in [2.24, 2.45) is 11.7 Å². The molecule has 51 heavy (non-hydrogen) atoms. The van der Waals surface area contributed by atoms with Gasteiger partial charge in [0.15, 0.2) is 0 Å². The number of hydrogen-bond acceptors (Lipinski definition) is 10. The first-order valence-electron chi connectivity index (χ1n) is 15.9. The molecule has 0 aliphatic rings. The van der Waals surface area contributed by atoms with Gasteiger partial charge in [0, 0.05) is 30.1 Å². The number of carboxylic acid groups (broad SMARTS) is 1. The summed E-state index contributed by atoms with van der Waals surface area (Å²) in [5.41, 5.74) is 2.38. The maximum Gasteiger partial charge on any atom is 0.417 e. The van der Waals surface area contributed by atoms with Crippen LogP contribution in [0.4, 0.5) is 18.9 Å². The molecule has 1 aromatic heterocycles. The van der Waals surface area contributed by atoms with Crippen molar-refractivity contribution in [3.8, 4) is 0 Å². The van der Waals surface area contributed by atoms with Crippen LogP contribution < -0.4 is 37.9 Å². The first kappa shape index (κ1) is 42.5. The number of thioether (sulfide) groups is 1. The van der Waals surface area contributed by atoms with Gasteiger partial charge in [0.05, 0.1) is 12.0 Å². The second-order valence-corrected chi connectivity index (χ2v) is 12.9. The van der Waals surface area contributed by atoms with Gasteiger partial charge in [0.25, 0.3) is 0 Å². The molecule has 0 spiro atoms. The molecule has 282 valence electrons. The molecule has 2 rings (SSSR count). The van der Waals surface area contributed by atoms with E-state index in [9.17, 15) is 51.8 Å². The number of halogens is 3. The lowest BCUT2D eigenvalue weighted by atomic mass is 10.0. The number of carboxylic acids is 1. The monoisotopic (exact) mass is 744 g/mol. The number of unbranched alkanes of at least 4 members (excludes halogenated alkanes) is 1. The van der Waals surface area contributed by atoms with Crippen molar-refractivity contribution in [3.63, 3.8) is 0 Å². The standard InChI is InChI=1S/C32H43F3N6O9S/c1-16(2)27(37-17(3)42)31(49)40-21(7-5-6-11-36)28(46)39-22(10-12-51-4)29(47)41-23(15-25(43)44)30(48)38-18-8-9-19-20(32(33,34)35)14-26(45)50-24(19)13-18/h8-9,13-14,16,21-23,27H,5-7,10-12,15,36H2,1-4H3,(H,37,42)(H,38,48)(H,39,46)(H,40,49)(H,41,47)(H,43,44). The molecule has 0 radical (unpaired) electrons. The Morgan fingerprint density at radius 1 is 0.882 bits per heavy atom. The smallest absolute Gasteiger partial charge is 0.417 e. The minimum Gasteiger partial charge on any atom is -0.481 e. The second-order valence-electron chi connectivity index (χ2n) is 11.9. The fourth-order valence-corrected chi connectivity index (χ4v) is 5.39. The van der Waals surface area contributed by atoms with Crippen LogP contribution in [-0.2, 0) is 34.9 Å². The van der Waals surface area contributed by atoms with E-state index < -0.39 is 94.4 Å². The molecule has 0 bridgehead atoms. The molecule has 2 aromatic rings. The van der Waals surface area contributed by atoms with Gasteiger partial charge in [-0.3, -0.25) is 28.8 Å². The summed E-state index contributed by atoms with van der Waals surface area (Å²) in [6, 6.07) is -1.86. The molecular formula is C32H43F3N6O9S. The van der Waals surface area contributed by atoms with E-state index in [2.05, 4.69) is 26.6 Å². The Hall–Kier alpha value is -4.65. The van der Waals surface area contributed by atoms with Crippen LogP contribution in [0.1, 0.15) is 58.4 Å². The van der Waals surface area contributed by atoms with Gasteiger partial charge in [-0.25, -0.2) is 4.79 Å². The molecule has 0 aliphatic carbocycles. The Morgan fingerprint density at radius 3 is 2.04 bits per heavy atom. The molecule has 4 unspecified atom stereocenters. The maximum absolute atomic E-state index is 13.5. The molecule has 5 amide bonds. The highest BCUT2D eigenvalue weighted by atomic mass is 32.2. The normalized spacial score (nSPS) is 13.8. The van der Waals surface area contributed by atoms with Gasteiger partial charge >= 0.3 is 17.8 Å². The Kier molecular flexibility index (Phi) is 16.4. The summed E-state index contributed by atoms with van der Waals surface area (Å²) in [6.45, 7) is 4.97. The molecule has 8 N–H and O–H groups in total. The zero-order valence-electron chi connectivity index (χ0n) is 28.5. The summed E-state index contributed by atoms with van der Waals surface area (Å²) in [6.07, 6.45) is -2.93. The fourth-order valence-electron chi connectivity index (χ4n) is 4.91. The SMILES string of the molecule is CSCCC(NC(=O)C(CCCCN)NC(=O)C(NC(C)=O)C(C)C)C(=O)NC(CC(=O)O)C(=O)Nc1ccc2c(C(F)(F)F)cc(=O)oc2c1. The molecule has 1 heterocycles. The molecule has 19 heteroatoms. The Bertz CT molecular complexity index is 1640. The summed E-state index contributed by atoms with van der Waals surface area (Å²) in [4.78, 5) is 88.4. The number of carbonyl (C=O) groups is 6. The molecule has 0 fully saturated rings. The quantitative estimate of drug-likeness (QED) is 0.0808. The van der Waals surface area contributed by atoms with Crippen LogP contribution in [0.3, 0.4) is 0 Å². The summed E-state index contributed by atoms with van der Waals surface area (Å²) in [5.74, 6) is -5.29. The summed E-state index contributed by atoms with van der Waals surface area (Å²) < 4.78 is 45.2. The third kappa shape index (κ3) is 13.5. The van der Waals surface area contributed by atoms with Gasteiger partial charge < -0.3 is 41.8 Å². The number of hydrogen-bond donors (Lipinski definition) is 7. The van der Waals surface area contributed by atoms with Crippen molar-refractivity contribution >= 4 is 63.9 Å². The van der Waals surface area contributed by atoms with Crippen molar-refractivity contribution in [2.45, 2.75) is 83.2 Å². The number of carbonyl (C=O) groups excluding carboxylic acids is 5. The van der Waals surface area contributed by atoms with Crippen LogP contribution >= 0.6 is 11.8 Å². The molecule has 1 aromatic carbocycles. The third-order valence-corrected chi connectivity index (χ3v) is 8.10. The number of nitrogens with two attached hydrogens (primary N) is 1. The zero-order valence-corrected chi connectivity index (χ0v) is 29.3. The molecule has 0 saturated carbocycles.